The molecule has 0 spiro atoms. The van der Waals surface area contributed by atoms with Crippen molar-refractivity contribution in [3.8, 4) is 0 Å². The minimum atomic E-state index is -3.09. The maximum Gasteiger partial charge on any atom is 0.175 e. The summed E-state index contributed by atoms with van der Waals surface area (Å²) in [4.78, 5) is 0.390. The van der Waals surface area contributed by atoms with E-state index >= 15 is 0 Å². The van der Waals surface area contributed by atoms with E-state index in [1.54, 1.807) is 12.1 Å². The Morgan fingerprint density at radius 1 is 1.28 bits per heavy atom. The zero-order chi connectivity index (χ0) is 13.2. The molecule has 1 heterocycles. The lowest BCUT2D eigenvalue weighted by Gasteiger charge is -2.16. The first-order valence-electron chi connectivity index (χ1n) is 6.12. The number of hydrogen-bond acceptors (Lipinski definition) is 4. The molecule has 1 fully saturated rings. The summed E-state index contributed by atoms with van der Waals surface area (Å²) in [5, 5.41) is 4.21. The summed E-state index contributed by atoms with van der Waals surface area (Å²) in [5.74, 6) is 1.04. The monoisotopic (exact) mass is 285 g/mol. The highest BCUT2D eigenvalue weighted by Gasteiger charge is 2.17. The second-order valence-corrected chi connectivity index (χ2v) is 8.27. The molecule has 3 nitrogen and oxygen atoms in total. The molecule has 2 atom stereocenters. The third-order valence-electron chi connectivity index (χ3n) is 3.20. The average Bonchev–Trinajstić information content (AvgIpc) is 2.53. The van der Waals surface area contributed by atoms with Crippen molar-refractivity contribution in [3.05, 3.63) is 29.8 Å². The normalized spacial score (nSPS) is 25.7. The van der Waals surface area contributed by atoms with Crippen molar-refractivity contribution < 1.29 is 8.42 Å². The predicted octanol–water partition coefficient (Wildman–Crippen LogP) is 2.25. The topological polar surface area (TPSA) is 46.2 Å². The van der Waals surface area contributed by atoms with Crippen molar-refractivity contribution in [3.63, 3.8) is 0 Å². The molecule has 2 rings (SSSR count). The molecule has 1 N–H and O–H groups in total. The Balaban J connectivity index is 2.14. The van der Waals surface area contributed by atoms with Crippen molar-refractivity contribution in [2.45, 2.75) is 29.5 Å². The van der Waals surface area contributed by atoms with Crippen LogP contribution in [-0.2, 0) is 9.84 Å². The van der Waals surface area contributed by atoms with Gasteiger partial charge in [0.1, 0.15) is 0 Å². The number of thioether (sulfide) groups is 1. The second kappa shape index (κ2) is 5.63. The first-order chi connectivity index (χ1) is 8.47. The molecule has 100 valence electrons. The minimum absolute atomic E-state index is 0.327. The van der Waals surface area contributed by atoms with Crippen LogP contribution < -0.4 is 5.32 Å². The van der Waals surface area contributed by atoms with Gasteiger partial charge in [0.05, 0.1) is 4.90 Å². The van der Waals surface area contributed by atoms with Crippen molar-refractivity contribution in [1.82, 2.24) is 5.32 Å². The fourth-order valence-electron chi connectivity index (χ4n) is 2.02. The molecule has 0 saturated carbocycles. The van der Waals surface area contributed by atoms with E-state index in [1.165, 1.54) is 18.2 Å². The Morgan fingerprint density at radius 3 is 2.56 bits per heavy atom. The van der Waals surface area contributed by atoms with Crippen molar-refractivity contribution in [1.29, 1.82) is 0 Å². The number of hydrogen-bond donors (Lipinski definition) is 1. The van der Waals surface area contributed by atoms with E-state index < -0.39 is 9.84 Å². The van der Waals surface area contributed by atoms with Gasteiger partial charge >= 0.3 is 0 Å². The summed E-state index contributed by atoms with van der Waals surface area (Å²) in [5.41, 5.74) is 1.17. The molecule has 0 amide bonds. The second-order valence-electron chi connectivity index (χ2n) is 4.78. The summed E-state index contributed by atoms with van der Waals surface area (Å²) in [7, 11) is -3.09. The summed E-state index contributed by atoms with van der Waals surface area (Å²) >= 11 is 1.97. The lowest BCUT2D eigenvalue weighted by molar-refractivity contribution is 0.578. The van der Waals surface area contributed by atoms with Crippen LogP contribution >= 0.6 is 11.8 Å². The van der Waals surface area contributed by atoms with Gasteiger partial charge in [-0.2, -0.15) is 11.8 Å². The number of benzene rings is 1. The van der Waals surface area contributed by atoms with Crippen LogP contribution in [0.5, 0.6) is 0 Å². The summed E-state index contributed by atoms with van der Waals surface area (Å²) in [6.07, 6.45) is 2.42. The molecule has 0 aromatic heterocycles. The van der Waals surface area contributed by atoms with Crippen LogP contribution in [-0.4, -0.2) is 32.2 Å². The van der Waals surface area contributed by atoms with Gasteiger partial charge in [0.2, 0.25) is 0 Å². The van der Waals surface area contributed by atoms with Crippen molar-refractivity contribution in [2.75, 3.05) is 18.6 Å². The average molecular weight is 285 g/mol. The Kier molecular flexibility index (Phi) is 4.35. The summed E-state index contributed by atoms with van der Waals surface area (Å²) < 4.78 is 22.8. The highest BCUT2D eigenvalue weighted by atomic mass is 32.2. The lowest BCUT2D eigenvalue weighted by atomic mass is 10.1. The van der Waals surface area contributed by atoms with Crippen LogP contribution in [0.4, 0.5) is 0 Å². The predicted molar refractivity (Wildman–Crippen MR) is 76.8 cm³/mol. The molecule has 0 radical (unpaired) electrons. The third-order valence-corrected chi connectivity index (χ3v) is 5.66. The van der Waals surface area contributed by atoms with Gasteiger partial charge < -0.3 is 5.32 Å². The van der Waals surface area contributed by atoms with Gasteiger partial charge in [0.15, 0.2) is 9.84 Å². The van der Waals surface area contributed by atoms with Gasteiger partial charge in [-0.1, -0.05) is 19.1 Å². The molecule has 1 saturated heterocycles. The Labute approximate surface area is 113 Å². The molecule has 0 aliphatic carbocycles. The van der Waals surface area contributed by atoms with E-state index in [2.05, 4.69) is 12.2 Å². The minimum Gasteiger partial charge on any atom is -0.309 e. The van der Waals surface area contributed by atoms with Gasteiger partial charge in [-0.15, -0.1) is 0 Å². The molecule has 1 aliphatic heterocycles. The zero-order valence-electron chi connectivity index (χ0n) is 10.7. The smallest absolute Gasteiger partial charge is 0.175 e. The summed E-state index contributed by atoms with van der Waals surface area (Å²) in [6, 6.07) is 7.57. The highest BCUT2D eigenvalue weighted by molar-refractivity contribution is 7.99. The van der Waals surface area contributed by atoms with Crippen LogP contribution in [0.25, 0.3) is 0 Å². The van der Waals surface area contributed by atoms with Gasteiger partial charge in [-0.3, -0.25) is 0 Å². The number of rotatable bonds is 2. The molecule has 0 bridgehead atoms. The number of nitrogens with one attached hydrogen (secondary N) is 1. The van der Waals surface area contributed by atoms with Crippen LogP contribution in [0.15, 0.2) is 29.2 Å². The van der Waals surface area contributed by atoms with Crippen LogP contribution in [0, 0.1) is 0 Å². The fraction of sp³-hybridized carbons (Fsp3) is 0.538. The first-order valence-corrected chi connectivity index (χ1v) is 9.06. The van der Waals surface area contributed by atoms with E-state index in [1.807, 2.05) is 23.9 Å². The van der Waals surface area contributed by atoms with Gasteiger partial charge in [-0.05, 0) is 30.7 Å². The standard InChI is InChI=1S/C13H19NO2S2/c1-10-7-8-14-13(9-17-10)11-3-5-12(6-4-11)18(2,15)16/h3-6,10,13-14H,7-9H2,1-2H3. The Morgan fingerprint density at radius 2 is 1.94 bits per heavy atom. The van der Waals surface area contributed by atoms with Crippen LogP contribution in [0.3, 0.4) is 0 Å². The van der Waals surface area contributed by atoms with Gasteiger partial charge in [0, 0.05) is 23.3 Å². The summed E-state index contributed by atoms with van der Waals surface area (Å²) in [6.45, 7) is 3.27. The fourth-order valence-corrected chi connectivity index (χ4v) is 3.77. The van der Waals surface area contributed by atoms with E-state index in [9.17, 15) is 8.42 Å². The van der Waals surface area contributed by atoms with E-state index in [4.69, 9.17) is 0 Å². The largest absolute Gasteiger partial charge is 0.309 e. The maximum atomic E-state index is 11.4. The zero-order valence-corrected chi connectivity index (χ0v) is 12.4. The molecule has 2 unspecified atom stereocenters. The maximum absolute atomic E-state index is 11.4. The molecule has 1 aromatic rings. The molecular weight excluding hydrogens is 266 g/mol. The van der Waals surface area contributed by atoms with Gasteiger partial charge in [0.25, 0.3) is 0 Å². The molecule has 18 heavy (non-hydrogen) atoms. The molecule has 1 aromatic carbocycles. The van der Waals surface area contributed by atoms with E-state index in [0.29, 0.717) is 16.2 Å². The first kappa shape index (κ1) is 13.9. The third kappa shape index (κ3) is 3.49. The lowest BCUT2D eigenvalue weighted by Crippen LogP contribution is -2.22. The SMILES string of the molecule is CC1CCNC(c2ccc(S(C)(=O)=O)cc2)CS1. The van der Waals surface area contributed by atoms with Crippen molar-refractivity contribution in [2.24, 2.45) is 0 Å². The molecular formula is C13H19NO2S2. The van der Waals surface area contributed by atoms with Crippen molar-refractivity contribution >= 4 is 21.6 Å². The molecule has 1 aliphatic rings. The van der Waals surface area contributed by atoms with Gasteiger partial charge in [-0.25, -0.2) is 8.42 Å². The van der Waals surface area contributed by atoms with Crippen LogP contribution in [0.1, 0.15) is 24.9 Å². The highest BCUT2D eigenvalue weighted by Crippen LogP contribution is 2.26. The Bertz CT molecular complexity index is 496. The quantitative estimate of drug-likeness (QED) is 0.905. The molecule has 5 heteroatoms. The van der Waals surface area contributed by atoms with E-state index in [0.717, 1.165) is 12.3 Å². The number of sulfone groups is 1. The van der Waals surface area contributed by atoms with E-state index in [-0.39, 0.29) is 0 Å². The van der Waals surface area contributed by atoms with Crippen LogP contribution in [0.2, 0.25) is 0 Å². The Hall–Kier alpha value is -0.520.